The number of carbonyl (C=O) groups excluding carboxylic acids is 3. The zero-order valence-corrected chi connectivity index (χ0v) is 19.4. The molecule has 3 heterocycles. The highest BCUT2D eigenvalue weighted by Gasteiger charge is 2.35. The number of rotatable bonds is 3. The Morgan fingerprint density at radius 1 is 0.743 bits per heavy atom. The van der Waals surface area contributed by atoms with Gasteiger partial charge in [-0.1, -0.05) is 12.1 Å². The molecule has 3 amide bonds. The number of ether oxygens (including phenoxy) is 2. The molecule has 0 radical (unpaired) electrons. The summed E-state index contributed by atoms with van der Waals surface area (Å²) in [6.07, 6.45) is 0.505. The van der Waals surface area contributed by atoms with E-state index in [9.17, 15) is 18.8 Å². The summed E-state index contributed by atoms with van der Waals surface area (Å²) in [6, 6.07) is 12.8. The number of benzene rings is 2. The fourth-order valence-electron chi connectivity index (χ4n) is 4.85. The van der Waals surface area contributed by atoms with Gasteiger partial charge in [-0.3, -0.25) is 14.4 Å². The molecule has 1 unspecified atom stereocenters. The third kappa shape index (κ3) is 4.94. The Kier molecular flexibility index (Phi) is 6.57. The van der Waals surface area contributed by atoms with Crippen molar-refractivity contribution in [2.75, 3.05) is 45.9 Å². The number of amides is 3. The summed E-state index contributed by atoms with van der Waals surface area (Å²) < 4.78 is 24.6. The zero-order chi connectivity index (χ0) is 24.4. The van der Waals surface area contributed by atoms with Gasteiger partial charge in [0.2, 0.25) is 12.0 Å². The summed E-state index contributed by atoms with van der Waals surface area (Å²) in [7, 11) is 0. The lowest BCUT2D eigenvalue weighted by molar-refractivity contribution is -0.148. The molecule has 2 aromatic rings. The molecule has 9 heteroatoms. The Balaban J connectivity index is 1.09. The largest absolute Gasteiger partial charge is 0.485 e. The van der Waals surface area contributed by atoms with Gasteiger partial charge in [-0.2, -0.15) is 0 Å². The van der Waals surface area contributed by atoms with Gasteiger partial charge in [0.25, 0.3) is 11.8 Å². The normalized spacial score (nSPS) is 20.5. The Hall–Kier alpha value is -3.62. The molecule has 35 heavy (non-hydrogen) atoms. The van der Waals surface area contributed by atoms with Crippen LogP contribution >= 0.6 is 0 Å². The molecule has 0 saturated carbocycles. The summed E-state index contributed by atoms with van der Waals surface area (Å²) >= 11 is 0. The number of piperidine rings is 1. The first kappa shape index (κ1) is 23.1. The molecule has 0 aliphatic carbocycles. The highest BCUT2D eigenvalue weighted by atomic mass is 19.1. The standard InChI is InChI=1S/C26H28FN3O5/c27-20-7-5-18(6-8-20)24(31)28-11-9-19(10-12-28)25(32)29-13-15-30(16-14-29)26(33)23-17-34-21-3-1-2-4-22(21)35-23/h1-8,19,23H,9-17H2. The number of halogens is 1. The molecule has 0 spiro atoms. The summed E-state index contributed by atoms with van der Waals surface area (Å²) in [5.74, 6) is 0.502. The highest BCUT2D eigenvalue weighted by Crippen LogP contribution is 2.31. The molecular weight excluding hydrogens is 453 g/mol. The molecule has 8 nitrogen and oxygen atoms in total. The molecule has 3 aliphatic heterocycles. The molecule has 3 aliphatic rings. The predicted molar refractivity (Wildman–Crippen MR) is 125 cm³/mol. The van der Waals surface area contributed by atoms with E-state index in [0.717, 1.165) is 0 Å². The first-order valence-corrected chi connectivity index (χ1v) is 12.0. The molecule has 1 atom stereocenters. The van der Waals surface area contributed by atoms with Crippen molar-refractivity contribution < 1.29 is 28.2 Å². The van der Waals surface area contributed by atoms with Crippen LogP contribution < -0.4 is 9.47 Å². The molecule has 2 fully saturated rings. The Bertz CT molecular complexity index is 1090. The van der Waals surface area contributed by atoms with E-state index in [-0.39, 0.29) is 36.1 Å². The zero-order valence-electron chi connectivity index (χ0n) is 19.4. The summed E-state index contributed by atoms with van der Waals surface area (Å²) in [5.41, 5.74) is 0.452. The summed E-state index contributed by atoms with van der Waals surface area (Å²) in [6.45, 7) is 3.01. The van der Waals surface area contributed by atoms with E-state index in [1.807, 2.05) is 23.1 Å². The van der Waals surface area contributed by atoms with E-state index >= 15 is 0 Å². The second-order valence-electron chi connectivity index (χ2n) is 9.09. The van der Waals surface area contributed by atoms with Crippen molar-refractivity contribution in [3.05, 3.63) is 59.9 Å². The highest BCUT2D eigenvalue weighted by molar-refractivity contribution is 5.94. The van der Waals surface area contributed by atoms with Crippen molar-refractivity contribution >= 4 is 17.7 Å². The summed E-state index contributed by atoms with van der Waals surface area (Å²) in [5, 5.41) is 0. The van der Waals surface area contributed by atoms with E-state index in [1.165, 1.54) is 24.3 Å². The minimum Gasteiger partial charge on any atom is -0.485 e. The fraction of sp³-hybridized carbons (Fsp3) is 0.423. The first-order chi connectivity index (χ1) is 17.0. The second kappa shape index (κ2) is 9.93. The van der Waals surface area contributed by atoms with Gasteiger partial charge in [-0.25, -0.2) is 4.39 Å². The van der Waals surface area contributed by atoms with Crippen molar-refractivity contribution in [2.24, 2.45) is 5.92 Å². The van der Waals surface area contributed by atoms with Crippen LogP contribution in [0.15, 0.2) is 48.5 Å². The van der Waals surface area contributed by atoms with Gasteiger partial charge in [0.15, 0.2) is 11.5 Å². The number of nitrogens with zero attached hydrogens (tertiary/aromatic N) is 3. The molecule has 0 aromatic heterocycles. The van der Waals surface area contributed by atoms with Gasteiger partial charge >= 0.3 is 0 Å². The Morgan fingerprint density at radius 3 is 2.00 bits per heavy atom. The molecule has 2 saturated heterocycles. The number of hydrogen-bond donors (Lipinski definition) is 0. The molecule has 0 bridgehead atoms. The van der Waals surface area contributed by atoms with Crippen LogP contribution in [0.4, 0.5) is 4.39 Å². The maximum atomic E-state index is 13.1. The van der Waals surface area contributed by atoms with E-state index in [0.29, 0.717) is 69.2 Å². The van der Waals surface area contributed by atoms with Crippen molar-refractivity contribution in [1.29, 1.82) is 0 Å². The molecule has 5 rings (SSSR count). The van der Waals surface area contributed by atoms with Crippen molar-refractivity contribution in [3.8, 4) is 11.5 Å². The SMILES string of the molecule is O=C(c1ccc(F)cc1)N1CCC(C(=O)N2CCN(C(=O)C3COc4ccccc4O3)CC2)CC1. The van der Waals surface area contributed by atoms with Gasteiger partial charge in [-0.15, -0.1) is 0 Å². The van der Waals surface area contributed by atoms with Crippen LogP contribution in [0.5, 0.6) is 11.5 Å². The average molecular weight is 482 g/mol. The average Bonchev–Trinajstić information content (AvgIpc) is 2.92. The predicted octanol–water partition coefficient (Wildman–Crippen LogP) is 2.19. The minimum atomic E-state index is -0.685. The van der Waals surface area contributed by atoms with Gasteiger partial charge in [0.1, 0.15) is 12.4 Å². The number of fused-ring (bicyclic) bond motifs is 1. The van der Waals surface area contributed by atoms with Crippen molar-refractivity contribution in [2.45, 2.75) is 18.9 Å². The Labute approximate surface area is 203 Å². The van der Waals surface area contributed by atoms with Crippen LogP contribution in [0.25, 0.3) is 0 Å². The molecular formula is C26H28FN3O5. The number of para-hydroxylation sites is 2. The van der Waals surface area contributed by atoms with Crippen LogP contribution in [-0.2, 0) is 9.59 Å². The third-order valence-electron chi connectivity index (χ3n) is 6.91. The topological polar surface area (TPSA) is 79.4 Å². The van der Waals surface area contributed by atoms with E-state index in [4.69, 9.17) is 9.47 Å². The Morgan fingerprint density at radius 2 is 1.34 bits per heavy atom. The lowest BCUT2D eigenvalue weighted by Gasteiger charge is -2.39. The molecule has 184 valence electrons. The van der Waals surface area contributed by atoms with Crippen LogP contribution in [0.2, 0.25) is 0 Å². The monoisotopic (exact) mass is 481 g/mol. The first-order valence-electron chi connectivity index (χ1n) is 12.0. The third-order valence-corrected chi connectivity index (χ3v) is 6.91. The van der Waals surface area contributed by atoms with Crippen LogP contribution in [-0.4, -0.2) is 84.4 Å². The lowest BCUT2D eigenvalue weighted by atomic mass is 9.94. The summed E-state index contributed by atoms with van der Waals surface area (Å²) in [4.78, 5) is 43.9. The quantitative estimate of drug-likeness (QED) is 0.672. The van der Waals surface area contributed by atoms with Crippen LogP contribution in [0, 0.1) is 11.7 Å². The molecule has 0 N–H and O–H groups in total. The number of piperazine rings is 1. The lowest BCUT2D eigenvalue weighted by Crippen LogP contribution is -2.56. The van der Waals surface area contributed by atoms with E-state index in [1.54, 1.807) is 15.9 Å². The van der Waals surface area contributed by atoms with Gasteiger partial charge in [-0.05, 0) is 49.2 Å². The van der Waals surface area contributed by atoms with Crippen molar-refractivity contribution in [3.63, 3.8) is 0 Å². The van der Waals surface area contributed by atoms with Crippen LogP contribution in [0.3, 0.4) is 0 Å². The molecule has 2 aromatic carbocycles. The van der Waals surface area contributed by atoms with E-state index in [2.05, 4.69) is 0 Å². The van der Waals surface area contributed by atoms with Crippen LogP contribution in [0.1, 0.15) is 23.2 Å². The number of likely N-dealkylation sites (tertiary alicyclic amines) is 1. The fourth-order valence-corrected chi connectivity index (χ4v) is 4.85. The minimum absolute atomic E-state index is 0.0807. The van der Waals surface area contributed by atoms with Gasteiger partial charge in [0.05, 0.1) is 0 Å². The number of carbonyl (C=O) groups is 3. The number of hydrogen-bond acceptors (Lipinski definition) is 5. The second-order valence-corrected chi connectivity index (χ2v) is 9.09. The van der Waals surface area contributed by atoms with Gasteiger partial charge < -0.3 is 24.2 Å². The van der Waals surface area contributed by atoms with E-state index < -0.39 is 6.10 Å². The smallest absolute Gasteiger partial charge is 0.267 e. The van der Waals surface area contributed by atoms with Crippen molar-refractivity contribution in [1.82, 2.24) is 14.7 Å². The maximum absolute atomic E-state index is 13.1. The maximum Gasteiger partial charge on any atom is 0.267 e. The van der Waals surface area contributed by atoms with Gasteiger partial charge in [0, 0.05) is 50.7 Å².